The number of aromatic carboxylic acids is 1. The minimum atomic E-state index is -1.06. The van der Waals surface area contributed by atoms with Gasteiger partial charge in [-0.1, -0.05) is 12.1 Å². The molecular formula is C14H10FNO5. The molecule has 7 heteroatoms. The van der Waals surface area contributed by atoms with Gasteiger partial charge in [-0.25, -0.2) is 4.79 Å². The van der Waals surface area contributed by atoms with Gasteiger partial charge in [-0.3, -0.25) is 10.1 Å². The van der Waals surface area contributed by atoms with Gasteiger partial charge in [0.15, 0.2) is 0 Å². The predicted octanol–water partition coefficient (Wildman–Crippen LogP) is 3.01. The highest BCUT2D eigenvalue weighted by molar-refractivity contribution is 5.87. The summed E-state index contributed by atoms with van der Waals surface area (Å²) in [6, 6.07) is 9.38. The molecule has 0 radical (unpaired) electrons. The largest absolute Gasteiger partial charge is 0.489 e. The monoisotopic (exact) mass is 291 g/mol. The van der Waals surface area contributed by atoms with Crippen molar-refractivity contribution < 1.29 is 24.0 Å². The highest BCUT2D eigenvalue weighted by Crippen LogP contribution is 2.22. The van der Waals surface area contributed by atoms with E-state index in [2.05, 4.69) is 0 Å². The molecule has 0 saturated heterocycles. The molecule has 0 spiro atoms. The summed E-state index contributed by atoms with van der Waals surface area (Å²) in [7, 11) is 0. The number of carboxylic acids is 1. The average molecular weight is 291 g/mol. The van der Waals surface area contributed by atoms with Crippen molar-refractivity contribution in [1.29, 1.82) is 0 Å². The van der Waals surface area contributed by atoms with Gasteiger partial charge in [-0.15, -0.1) is 0 Å². The first-order valence-electron chi connectivity index (χ1n) is 5.87. The number of hydrogen-bond donors (Lipinski definition) is 1. The number of hydrogen-bond acceptors (Lipinski definition) is 4. The average Bonchev–Trinajstić information content (AvgIpc) is 2.46. The Bertz CT molecular complexity index is 684. The van der Waals surface area contributed by atoms with Crippen LogP contribution in [0.15, 0.2) is 42.5 Å². The summed E-state index contributed by atoms with van der Waals surface area (Å²) in [6.45, 7) is -0.195. The molecule has 0 heterocycles. The molecule has 0 aliphatic heterocycles. The van der Waals surface area contributed by atoms with Gasteiger partial charge in [-0.05, 0) is 24.3 Å². The summed E-state index contributed by atoms with van der Waals surface area (Å²) in [5, 5.41) is 19.4. The van der Waals surface area contributed by atoms with E-state index in [0.717, 1.165) is 6.07 Å². The predicted molar refractivity (Wildman–Crippen MR) is 70.8 cm³/mol. The van der Waals surface area contributed by atoms with Crippen LogP contribution in [0.5, 0.6) is 5.75 Å². The number of benzene rings is 2. The molecule has 0 fully saturated rings. The van der Waals surface area contributed by atoms with E-state index in [9.17, 15) is 19.3 Å². The third-order valence-corrected chi connectivity index (χ3v) is 2.75. The smallest absolute Gasteiger partial charge is 0.335 e. The summed E-state index contributed by atoms with van der Waals surface area (Å²) in [4.78, 5) is 20.5. The van der Waals surface area contributed by atoms with Crippen LogP contribution in [0, 0.1) is 15.9 Å². The van der Waals surface area contributed by atoms with Crippen molar-refractivity contribution in [2.24, 2.45) is 0 Å². The molecule has 6 nitrogen and oxygen atoms in total. The van der Waals surface area contributed by atoms with E-state index in [1.807, 2.05) is 0 Å². The van der Waals surface area contributed by atoms with Crippen LogP contribution >= 0.6 is 0 Å². The lowest BCUT2D eigenvalue weighted by atomic mass is 10.2. The van der Waals surface area contributed by atoms with Crippen molar-refractivity contribution >= 4 is 11.7 Å². The second kappa shape index (κ2) is 6.00. The van der Waals surface area contributed by atoms with Gasteiger partial charge in [0.1, 0.15) is 12.4 Å². The molecule has 21 heavy (non-hydrogen) atoms. The third-order valence-electron chi connectivity index (χ3n) is 2.75. The molecule has 2 rings (SSSR count). The highest BCUT2D eigenvalue weighted by Gasteiger charge is 2.17. The number of carbonyl (C=O) groups is 1. The number of nitro benzene ring substituents is 1. The SMILES string of the molecule is O=C(O)c1ccc(OCc2cccc([N+](=O)[O-])c2F)cc1. The molecular weight excluding hydrogens is 281 g/mol. The van der Waals surface area contributed by atoms with Crippen LogP contribution in [0.2, 0.25) is 0 Å². The van der Waals surface area contributed by atoms with Crippen LogP contribution in [0.1, 0.15) is 15.9 Å². The van der Waals surface area contributed by atoms with E-state index in [4.69, 9.17) is 9.84 Å². The Morgan fingerprint density at radius 2 is 1.90 bits per heavy atom. The maximum atomic E-state index is 13.8. The fourth-order valence-corrected chi connectivity index (χ4v) is 1.67. The zero-order valence-electron chi connectivity index (χ0n) is 10.7. The molecule has 2 aromatic carbocycles. The summed E-state index contributed by atoms with van der Waals surface area (Å²) < 4.78 is 19.1. The molecule has 0 atom stereocenters. The Morgan fingerprint density at radius 1 is 1.24 bits per heavy atom. The van der Waals surface area contributed by atoms with Gasteiger partial charge in [-0.2, -0.15) is 4.39 Å². The van der Waals surface area contributed by atoms with Crippen LogP contribution in [0.3, 0.4) is 0 Å². The summed E-state index contributed by atoms with van der Waals surface area (Å²) >= 11 is 0. The number of halogens is 1. The minimum Gasteiger partial charge on any atom is -0.489 e. The first kappa shape index (κ1) is 14.4. The van der Waals surface area contributed by atoms with Gasteiger partial charge in [0.25, 0.3) is 0 Å². The van der Waals surface area contributed by atoms with E-state index in [0.29, 0.717) is 5.75 Å². The first-order valence-corrected chi connectivity index (χ1v) is 5.87. The summed E-state index contributed by atoms with van der Waals surface area (Å²) in [5.74, 6) is -1.66. The second-order valence-corrected chi connectivity index (χ2v) is 4.13. The Hall–Kier alpha value is -2.96. The van der Waals surface area contributed by atoms with Crippen LogP contribution < -0.4 is 4.74 Å². The summed E-state index contributed by atoms with van der Waals surface area (Å²) in [6.07, 6.45) is 0. The van der Waals surface area contributed by atoms with Crippen molar-refractivity contribution in [2.45, 2.75) is 6.61 Å². The van der Waals surface area contributed by atoms with Crippen LogP contribution in [-0.2, 0) is 6.61 Å². The number of ether oxygens (including phenoxy) is 1. The standard InChI is InChI=1S/C14H10FNO5/c15-13-10(2-1-3-12(13)16(19)20)8-21-11-6-4-9(5-7-11)14(17)18/h1-7H,8H2,(H,17,18). The topological polar surface area (TPSA) is 89.7 Å². The fraction of sp³-hybridized carbons (Fsp3) is 0.0714. The van der Waals surface area contributed by atoms with Gasteiger partial charge in [0.2, 0.25) is 5.82 Å². The summed E-state index contributed by atoms with van der Waals surface area (Å²) in [5.41, 5.74) is -0.465. The number of nitrogens with zero attached hydrogens (tertiary/aromatic N) is 1. The Labute approximate surface area is 118 Å². The molecule has 0 saturated carbocycles. The maximum Gasteiger partial charge on any atom is 0.335 e. The lowest BCUT2D eigenvalue weighted by Gasteiger charge is -2.07. The van der Waals surface area contributed by atoms with E-state index >= 15 is 0 Å². The van der Waals surface area contributed by atoms with Crippen molar-refractivity contribution in [2.75, 3.05) is 0 Å². The van der Waals surface area contributed by atoms with Gasteiger partial charge in [0, 0.05) is 11.6 Å². The molecule has 1 N–H and O–H groups in total. The zero-order valence-corrected chi connectivity index (χ0v) is 10.7. The lowest BCUT2D eigenvalue weighted by molar-refractivity contribution is -0.387. The number of carboxylic acid groups (broad SMARTS) is 1. The Balaban J connectivity index is 2.11. The van der Waals surface area contributed by atoms with Gasteiger partial charge < -0.3 is 9.84 Å². The zero-order chi connectivity index (χ0) is 15.4. The molecule has 2 aromatic rings. The van der Waals surface area contributed by atoms with Crippen molar-refractivity contribution in [3.05, 3.63) is 69.5 Å². The van der Waals surface area contributed by atoms with Gasteiger partial charge >= 0.3 is 11.7 Å². The maximum absolute atomic E-state index is 13.8. The Kier molecular flexibility index (Phi) is 4.13. The molecule has 0 aliphatic rings. The normalized spacial score (nSPS) is 10.1. The lowest BCUT2D eigenvalue weighted by Crippen LogP contribution is -2.02. The van der Waals surface area contributed by atoms with Crippen molar-refractivity contribution in [1.82, 2.24) is 0 Å². The molecule has 0 bridgehead atoms. The molecule has 0 aliphatic carbocycles. The van der Waals surface area contributed by atoms with Crippen LogP contribution in [0.4, 0.5) is 10.1 Å². The minimum absolute atomic E-state index is 0.0477. The van der Waals surface area contributed by atoms with Crippen LogP contribution in [-0.4, -0.2) is 16.0 Å². The fourth-order valence-electron chi connectivity index (χ4n) is 1.67. The molecule has 0 unspecified atom stereocenters. The van der Waals surface area contributed by atoms with E-state index < -0.39 is 22.4 Å². The second-order valence-electron chi connectivity index (χ2n) is 4.13. The quantitative estimate of drug-likeness (QED) is 0.675. The van der Waals surface area contributed by atoms with Crippen molar-refractivity contribution in [3.8, 4) is 5.75 Å². The number of nitro groups is 1. The molecule has 0 aromatic heterocycles. The van der Waals surface area contributed by atoms with Gasteiger partial charge in [0.05, 0.1) is 10.5 Å². The first-order chi connectivity index (χ1) is 9.99. The van der Waals surface area contributed by atoms with E-state index in [1.165, 1.54) is 36.4 Å². The highest BCUT2D eigenvalue weighted by atomic mass is 19.1. The third kappa shape index (κ3) is 3.33. The van der Waals surface area contributed by atoms with E-state index in [-0.39, 0.29) is 17.7 Å². The molecule has 0 amide bonds. The van der Waals surface area contributed by atoms with E-state index in [1.54, 1.807) is 0 Å². The van der Waals surface area contributed by atoms with Crippen LogP contribution in [0.25, 0.3) is 0 Å². The number of rotatable bonds is 5. The van der Waals surface area contributed by atoms with Crippen molar-refractivity contribution in [3.63, 3.8) is 0 Å². The molecule has 108 valence electrons. The Morgan fingerprint density at radius 3 is 2.48 bits per heavy atom.